The number of nitrogen functional groups attached to an aromatic ring is 1. The van der Waals surface area contributed by atoms with Crippen molar-refractivity contribution in [1.82, 2.24) is 15.0 Å². The van der Waals surface area contributed by atoms with Crippen LogP contribution in [-0.4, -0.2) is 21.6 Å². The van der Waals surface area contributed by atoms with Crippen molar-refractivity contribution in [2.45, 2.75) is 6.92 Å². The summed E-state index contributed by atoms with van der Waals surface area (Å²) in [6, 6.07) is 2.99. The summed E-state index contributed by atoms with van der Waals surface area (Å²) in [4.78, 5) is 11.4. The molecule has 0 fully saturated rings. The van der Waals surface area contributed by atoms with Crippen LogP contribution in [0.4, 0.5) is 26.4 Å². The SMILES string of the molecule is CCOc1nc(N)nc(Nc2cc(F)ccc2F)n1. The van der Waals surface area contributed by atoms with Crippen LogP contribution in [0.25, 0.3) is 0 Å². The van der Waals surface area contributed by atoms with Gasteiger partial charge in [0.1, 0.15) is 11.6 Å². The van der Waals surface area contributed by atoms with E-state index in [1.165, 1.54) is 0 Å². The molecule has 2 aromatic rings. The van der Waals surface area contributed by atoms with E-state index >= 15 is 0 Å². The molecule has 0 saturated carbocycles. The van der Waals surface area contributed by atoms with E-state index in [4.69, 9.17) is 10.5 Å². The van der Waals surface area contributed by atoms with E-state index in [0.29, 0.717) is 6.61 Å². The number of nitrogens with one attached hydrogen (secondary N) is 1. The minimum absolute atomic E-state index is 0.00862. The van der Waals surface area contributed by atoms with Gasteiger partial charge in [-0.15, -0.1) is 0 Å². The molecule has 1 heterocycles. The van der Waals surface area contributed by atoms with Crippen molar-refractivity contribution >= 4 is 17.6 Å². The van der Waals surface area contributed by atoms with Gasteiger partial charge in [0.2, 0.25) is 11.9 Å². The van der Waals surface area contributed by atoms with E-state index in [-0.39, 0.29) is 23.6 Å². The Kier molecular flexibility index (Phi) is 3.69. The zero-order chi connectivity index (χ0) is 13.8. The second-order valence-electron chi connectivity index (χ2n) is 3.48. The highest BCUT2D eigenvalue weighted by molar-refractivity contribution is 5.54. The number of aromatic nitrogens is 3. The number of halogens is 2. The van der Waals surface area contributed by atoms with E-state index < -0.39 is 11.6 Å². The highest BCUT2D eigenvalue weighted by Gasteiger charge is 2.09. The third kappa shape index (κ3) is 3.24. The van der Waals surface area contributed by atoms with Gasteiger partial charge in [-0.1, -0.05) is 0 Å². The van der Waals surface area contributed by atoms with Gasteiger partial charge in [-0.25, -0.2) is 8.78 Å². The monoisotopic (exact) mass is 267 g/mol. The molecule has 1 aromatic carbocycles. The van der Waals surface area contributed by atoms with Crippen molar-refractivity contribution in [2.24, 2.45) is 0 Å². The van der Waals surface area contributed by atoms with Gasteiger partial charge in [0, 0.05) is 6.07 Å². The average Bonchev–Trinajstić information content (AvgIpc) is 2.33. The summed E-state index contributed by atoms with van der Waals surface area (Å²) in [6.45, 7) is 2.09. The highest BCUT2D eigenvalue weighted by Crippen LogP contribution is 2.20. The lowest BCUT2D eigenvalue weighted by atomic mass is 10.3. The van der Waals surface area contributed by atoms with Crippen LogP contribution in [-0.2, 0) is 0 Å². The molecular weight excluding hydrogens is 256 g/mol. The number of anilines is 3. The van der Waals surface area contributed by atoms with Crippen molar-refractivity contribution < 1.29 is 13.5 Å². The molecule has 0 bridgehead atoms. The molecule has 0 saturated heterocycles. The summed E-state index contributed by atoms with van der Waals surface area (Å²) in [5.74, 6) is -1.34. The second-order valence-corrected chi connectivity index (χ2v) is 3.48. The van der Waals surface area contributed by atoms with Crippen LogP contribution in [0, 0.1) is 11.6 Å². The van der Waals surface area contributed by atoms with E-state index in [9.17, 15) is 8.78 Å². The van der Waals surface area contributed by atoms with Crippen LogP contribution in [0.1, 0.15) is 6.92 Å². The summed E-state index contributed by atoms with van der Waals surface area (Å²) in [5.41, 5.74) is 5.36. The molecule has 100 valence electrons. The van der Waals surface area contributed by atoms with Gasteiger partial charge >= 0.3 is 6.01 Å². The lowest BCUT2D eigenvalue weighted by Gasteiger charge is -2.08. The molecule has 1 aromatic heterocycles. The van der Waals surface area contributed by atoms with Crippen molar-refractivity contribution in [2.75, 3.05) is 17.7 Å². The third-order valence-corrected chi connectivity index (χ3v) is 2.08. The second kappa shape index (κ2) is 5.42. The van der Waals surface area contributed by atoms with E-state index in [2.05, 4.69) is 20.3 Å². The third-order valence-electron chi connectivity index (χ3n) is 2.08. The molecule has 8 heteroatoms. The van der Waals surface area contributed by atoms with Crippen LogP contribution in [0.2, 0.25) is 0 Å². The number of hydrogen-bond donors (Lipinski definition) is 2. The van der Waals surface area contributed by atoms with Gasteiger partial charge in [0.15, 0.2) is 0 Å². The Labute approximate surface area is 107 Å². The largest absolute Gasteiger partial charge is 0.464 e. The molecule has 0 radical (unpaired) electrons. The first-order chi connectivity index (χ1) is 9.08. The van der Waals surface area contributed by atoms with E-state index in [1.807, 2.05) is 0 Å². The normalized spacial score (nSPS) is 10.3. The van der Waals surface area contributed by atoms with E-state index in [0.717, 1.165) is 18.2 Å². The summed E-state index contributed by atoms with van der Waals surface area (Å²) in [6.07, 6.45) is 0. The fourth-order valence-corrected chi connectivity index (χ4v) is 1.34. The van der Waals surface area contributed by atoms with Crippen molar-refractivity contribution in [3.05, 3.63) is 29.8 Å². The highest BCUT2D eigenvalue weighted by atomic mass is 19.1. The summed E-state index contributed by atoms with van der Waals surface area (Å²) in [7, 11) is 0. The van der Waals surface area contributed by atoms with Crippen LogP contribution < -0.4 is 15.8 Å². The van der Waals surface area contributed by atoms with Crippen LogP contribution in [0.15, 0.2) is 18.2 Å². The maximum absolute atomic E-state index is 13.4. The van der Waals surface area contributed by atoms with Gasteiger partial charge in [-0.3, -0.25) is 0 Å². The number of benzene rings is 1. The lowest BCUT2D eigenvalue weighted by molar-refractivity contribution is 0.312. The first-order valence-corrected chi connectivity index (χ1v) is 5.45. The Balaban J connectivity index is 2.29. The van der Waals surface area contributed by atoms with E-state index in [1.54, 1.807) is 6.92 Å². The van der Waals surface area contributed by atoms with Gasteiger partial charge in [-0.2, -0.15) is 15.0 Å². The fraction of sp³-hybridized carbons (Fsp3) is 0.182. The smallest absolute Gasteiger partial charge is 0.323 e. The molecule has 0 unspecified atom stereocenters. The molecule has 3 N–H and O–H groups in total. The molecule has 6 nitrogen and oxygen atoms in total. The molecule has 0 amide bonds. The topological polar surface area (TPSA) is 86.0 Å². The average molecular weight is 267 g/mol. The predicted molar refractivity (Wildman–Crippen MR) is 65.0 cm³/mol. The van der Waals surface area contributed by atoms with Gasteiger partial charge in [0.05, 0.1) is 12.3 Å². The number of hydrogen-bond acceptors (Lipinski definition) is 6. The molecule has 2 rings (SSSR count). The van der Waals surface area contributed by atoms with Crippen molar-refractivity contribution in [3.63, 3.8) is 0 Å². The zero-order valence-corrected chi connectivity index (χ0v) is 10.0. The van der Waals surface area contributed by atoms with Gasteiger partial charge < -0.3 is 15.8 Å². The molecule has 0 aliphatic carbocycles. The Morgan fingerprint density at radius 3 is 2.79 bits per heavy atom. The zero-order valence-electron chi connectivity index (χ0n) is 10.0. The number of rotatable bonds is 4. The predicted octanol–water partition coefficient (Wildman–Crippen LogP) is 1.87. The lowest BCUT2D eigenvalue weighted by Crippen LogP contribution is -2.07. The number of nitrogens with two attached hydrogens (primary N) is 1. The molecule has 0 aliphatic heterocycles. The first-order valence-electron chi connectivity index (χ1n) is 5.45. The summed E-state index contributed by atoms with van der Waals surface area (Å²) in [5, 5.41) is 2.52. The minimum Gasteiger partial charge on any atom is -0.464 e. The van der Waals surface area contributed by atoms with Crippen molar-refractivity contribution in [1.29, 1.82) is 0 Å². The Morgan fingerprint density at radius 2 is 2.05 bits per heavy atom. The van der Waals surface area contributed by atoms with Gasteiger partial charge in [0.25, 0.3) is 0 Å². The summed E-state index contributed by atoms with van der Waals surface area (Å²) >= 11 is 0. The number of ether oxygens (including phenoxy) is 1. The molecule has 0 atom stereocenters. The Hall–Kier alpha value is -2.51. The van der Waals surface area contributed by atoms with Crippen molar-refractivity contribution in [3.8, 4) is 6.01 Å². The molecule has 0 aliphatic rings. The molecule has 0 spiro atoms. The standard InChI is InChI=1S/C11H11F2N5O/c1-2-19-11-17-9(14)16-10(18-11)15-8-5-6(12)3-4-7(8)13/h3-5H,2H2,1H3,(H3,14,15,16,17,18). The first kappa shape index (κ1) is 12.9. The fourth-order valence-electron chi connectivity index (χ4n) is 1.34. The van der Waals surface area contributed by atoms with Crippen LogP contribution in [0.3, 0.4) is 0 Å². The Morgan fingerprint density at radius 1 is 1.26 bits per heavy atom. The maximum Gasteiger partial charge on any atom is 0.323 e. The maximum atomic E-state index is 13.4. The summed E-state index contributed by atoms with van der Waals surface area (Å²) < 4.78 is 31.5. The van der Waals surface area contributed by atoms with Crippen LogP contribution >= 0.6 is 0 Å². The van der Waals surface area contributed by atoms with Gasteiger partial charge in [-0.05, 0) is 19.1 Å². The number of nitrogens with zero attached hydrogens (tertiary/aromatic N) is 3. The van der Waals surface area contributed by atoms with Crippen LogP contribution in [0.5, 0.6) is 6.01 Å². The Bertz CT molecular complexity index is 593. The molecule has 19 heavy (non-hydrogen) atoms. The minimum atomic E-state index is -0.640. The quantitative estimate of drug-likeness (QED) is 0.879. The molecular formula is C11H11F2N5O.